The van der Waals surface area contributed by atoms with Crippen LogP contribution in [0.3, 0.4) is 0 Å². The van der Waals surface area contributed by atoms with Crippen LogP contribution in [0.1, 0.15) is 51.5 Å². The van der Waals surface area contributed by atoms with Gasteiger partial charge in [0.1, 0.15) is 5.82 Å². The number of hydrogen-bond donors (Lipinski definition) is 2. The van der Waals surface area contributed by atoms with Gasteiger partial charge in [-0.1, -0.05) is 32.8 Å². The van der Waals surface area contributed by atoms with Crippen molar-refractivity contribution in [3.05, 3.63) is 29.6 Å². The number of amides is 1. The quantitative estimate of drug-likeness (QED) is 0.318. The second-order valence-corrected chi connectivity index (χ2v) is 11.2. The van der Waals surface area contributed by atoms with E-state index in [2.05, 4.69) is 11.8 Å². The Labute approximate surface area is 196 Å². The van der Waals surface area contributed by atoms with Crippen molar-refractivity contribution in [2.24, 2.45) is 0 Å². The summed E-state index contributed by atoms with van der Waals surface area (Å²) in [6.07, 6.45) is 4.12. The van der Waals surface area contributed by atoms with Gasteiger partial charge in [0.25, 0.3) is 5.91 Å². The Hall–Kier alpha value is -1.75. The van der Waals surface area contributed by atoms with E-state index in [1.54, 1.807) is 5.48 Å². The van der Waals surface area contributed by atoms with E-state index in [-0.39, 0.29) is 31.7 Å². The third-order valence-corrected chi connectivity index (χ3v) is 9.78. The molecule has 0 spiro atoms. The highest BCUT2D eigenvalue weighted by Gasteiger charge is 2.54. The molecular weight excluding hydrogens is 447 g/mol. The summed E-state index contributed by atoms with van der Waals surface area (Å²) in [6, 6.07) is 5.26. The monoisotopic (exact) mass is 484 g/mol. The molecule has 0 aliphatic carbocycles. The number of hydrogen-bond acceptors (Lipinski definition) is 6. The molecule has 3 rings (SSSR count). The molecule has 0 radical (unpaired) electrons. The number of nitrogens with one attached hydrogen (secondary N) is 1. The molecule has 2 fully saturated rings. The molecule has 2 N–H and O–H groups in total. The minimum atomic E-state index is -3.99. The number of sulfonamides is 1. The van der Waals surface area contributed by atoms with Crippen LogP contribution >= 0.6 is 0 Å². The number of nitrogens with zero attached hydrogens (tertiary/aromatic N) is 3. The van der Waals surface area contributed by atoms with Crippen LogP contribution in [0.4, 0.5) is 10.1 Å². The first-order valence-corrected chi connectivity index (χ1v) is 13.4. The van der Waals surface area contributed by atoms with Crippen molar-refractivity contribution in [2.75, 3.05) is 50.7 Å². The number of likely N-dealkylation sites (tertiary alicyclic amines) is 1. The number of piperazine rings is 1. The van der Waals surface area contributed by atoms with Crippen molar-refractivity contribution in [2.45, 2.75) is 57.1 Å². The number of halogens is 1. The van der Waals surface area contributed by atoms with Crippen molar-refractivity contribution in [3.63, 3.8) is 0 Å². The highest BCUT2D eigenvalue weighted by molar-refractivity contribution is 7.91. The maximum Gasteiger partial charge on any atom is 0.266 e. The van der Waals surface area contributed by atoms with Gasteiger partial charge >= 0.3 is 0 Å². The van der Waals surface area contributed by atoms with Crippen molar-refractivity contribution in [3.8, 4) is 0 Å². The number of carbonyl (C=O) groups excluding carboxylic acids is 1. The molecule has 2 aliphatic heterocycles. The summed E-state index contributed by atoms with van der Waals surface area (Å²) in [5, 5.41) is 9.30. The molecule has 0 bridgehead atoms. The van der Waals surface area contributed by atoms with Gasteiger partial charge in [-0.2, -0.15) is 4.31 Å². The molecule has 186 valence electrons. The number of aryl methyl sites for hydroxylation is 1. The lowest BCUT2D eigenvalue weighted by Gasteiger charge is -2.44. The molecule has 10 heteroatoms. The van der Waals surface area contributed by atoms with E-state index in [9.17, 15) is 22.8 Å². The molecule has 2 heterocycles. The van der Waals surface area contributed by atoms with Crippen LogP contribution in [-0.4, -0.2) is 79.3 Å². The van der Waals surface area contributed by atoms with Crippen molar-refractivity contribution in [1.82, 2.24) is 14.7 Å². The molecule has 8 nitrogen and oxygen atoms in total. The van der Waals surface area contributed by atoms with Gasteiger partial charge in [-0.05, 0) is 49.9 Å². The Kier molecular flexibility index (Phi) is 8.71. The summed E-state index contributed by atoms with van der Waals surface area (Å²) in [5.74, 6) is -1.08. The number of rotatable bonds is 9. The van der Waals surface area contributed by atoms with Crippen LogP contribution in [0.5, 0.6) is 0 Å². The molecule has 2 aliphatic rings. The predicted octanol–water partition coefficient (Wildman–Crippen LogP) is 2.37. The number of hydroxylamine groups is 1. The summed E-state index contributed by atoms with van der Waals surface area (Å²) < 4.78 is 41.4. The van der Waals surface area contributed by atoms with Gasteiger partial charge < -0.3 is 9.80 Å². The van der Waals surface area contributed by atoms with Crippen LogP contribution in [0.15, 0.2) is 18.2 Å². The summed E-state index contributed by atoms with van der Waals surface area (Å²) in [4.78, 5) is 16.7. The second-order valence-electron chi connectivity index (χ2n) is 8.99. The smallest absolute Gasteiger partial charge is 0.266 e. The Morgan fingerprint density at radius 2 is 1.76 bits per heavy atom. The zero-order chi connectivity index (χ0) is 24.1. The van der Waals surface area contributed by atoms with Gasteiger partial charge in [-0.3, -0.25) is 10.0 Å². The zero-order valence-electron chi connectivity index (χ0n) is 19.7. The lowest BCUT2D eigenvalue weighted by molar-refractivity contribution is -0.133. The average Bonchev–Trinajstić information content (AvgIpc) is 2.84. The van der Waals surface area contributed by atoms with Crippen LogP contribution in [-0.2, 0) is 21.2 Å². The Balaban J connectivity index is 1.69. The molecule has 1 amide bonds. The number of benzene rings is 1. The maximum atomic E-state index is 14.6. The molecular formula is C23H37FN4O4S. The van der Waals surface area contributed by atoms with Crippen LogP contribution in [0.2, 0.25) is 0 Å². The predicted molar refractivity (Wildman–Crippen MR) is 126 cm³/mol. The van der Waals surface area contributed by atoms with Gasteiger partial charge in [0.15, 0.2) is 4.75 Å². The Morgan fingerprint density at radius 3 is 2.30 bits per heavy atom. The SMILES string of the molecule is CCCCCc1ccc(N2CCN(S(=O)(=O)C3(C(=O)NO)CCN(CC)CC3)CC2)cc1F. The fourth-order valence-corrected chi connectivity index (χ4v) is 6.99. The average molecular weight is 485 g/mol. The van der Waals surface area contributed by atoms with Crippen LogP contribution < -0.4 is 10.4 Å². The summed E-state index contributed by atoms with van der Waals surface area (Å²) in [7, 11) is -3.99. The van der Waals surface area contributed by atoms with E-state index in [1.807, 2.05) is 24.0 Å². The summed E-state index contributed by atoms with van der Waals surface area (Å²) in [6.45, 7) is 7.08. The van der Waals surface area contributed by atoms with Crippen molar-refractivity contribution >= 4 is 21.6 Å². The number of piperidine rings is 1. The van der Waals surface area contributed by atoms with Gasteiger partial charge in [0.05, 0.1) is 0 Å². The van der Waals surface area contributed by atoms with E-state index >= 15 is 0 Å². The van der Waals surface area contributed by atoms with E-state index in [4.69, 9.17) is 0 Å². The number of anilines is 1. The normalized spacial score (nSPS) is 20.1. The number of carbonyl (C=O) groups is 1. The van der Waals surface area contributed by atoms with Crippen LogP contribution in [0.25, 0.3) is 0 Å². The standard InChI is InChI=1S/C23H37FN4O4S/c1-3-5-6-7-19-8-9-20(18-21(19)24)27-14-16-28(17-15-27)33(31,32)23(22(29)25-30)10-12-26(4-2)13-11-23/h8-9,18,30H,3-7,10-17H2,1-2H3,(H,25,29). The molecule has 33 heavy (non-hydrogen) atoms. The highest BCUT2D eigenvalue weighted by Crippen LogP contribution is 2.34. The fourth-order valence-electron chi connectivity index (χ4n) is 4.87. The first-order chi connectivity index (χ1) is 15.8. The minimum absolute atomic E-state index is 0.139. The summed E-state index contributed by atoms with van der Waals surface area (Å²) >= 11 is 0. The molecule has 1 aromatic carbocycles. The molecule has 2 saturated heterocycles. The third-order valence-electron chi connectivity index (χ3n) is 7.15. The minimum Gasteiger partial charge on any atom is -0.369 e. The molecule has 0 saturated carbocycles. The van der Waals surface area contributed by atoms with E-state index < -0.39 is 20.7 Å². The Morgan fingerprint density at radius 1 is 1.09 bits per heavy atom. The Bertz CT molecular complexity index is 911. The van der Waals surface area contributed by atoms with E-state index in [0.29, 0.717) is 31.7 Å². The molecule has 0 aromatic heterocycles. The first kappa shape index (κ1) is 25.9. The van der Waals surface area contributed by atoms with Gasteiger partial charge in [-0.25, -0.2) is 18.3 Å². The van der Waals surface area contributed by atoms with E-state index in [1.165, 1.54) is 10.4 Å². The highest BCUT2D eigenvalue weighted by atomic mass is 32.2. The lowest BCUT2D eigenvalue weighted by atomic mass is 9.95. The first-order valence-electron chi connectivity index (χ1n) is 12.0. The second kappa shape index (κ2) is 11.1. The molecule has 0 atom stereocenters. The fraction of sp³-hybridized carbons (Fsp3) is 0.696. The third kappa shape index (κ3) is 5.34. The maximum absolute atomic E-state index is 14.6. The zero-order valence-corrected chi connectivity index (χ0v) is 20.5. The van der Waals surface area contributed by atoms with Crippen molar-refractivity contribution in [1.29, 1.82) is 0 Å². The van der Waals surface area contributed by atoms with Crippen molar-refractivity contribution < 1.29 is 22.8 Å². The lowest BCUT2D eigenvalue weighted by Crippen LogP contribution is -2.63. The number of unbranched alkanes of at least 4 members (excludes halogenated alkanes) is 2. The topological polar surface area (TPSA) is 93.2 Å². The molecule has 0 unspecified atom stereocenters. The van der Waals surface area contributed by atoms with Gasteiger partial charge in [0, 0.05) is 45.0 Å². The van der Waals surface area contributed by atoms with Crippen LogP contribution in [0, 0.1) is 5.82 Å². The van der Waals surface area contributed by atoms with E-state index in [0.717, 1.165) is 37.9 Å². The van der Waals surface area contributed by atoms with Gasteiger partial charge in [-0.15, -0.1) is 0 Å². The summed E-state index contributed by atoms with van der Waals surface area (Å²) in [5.41, 5.74) is 3.05. The molecule has 1 aromatic rings. The van der Waals surface area contributed by atoms with Gasteiger partial charge in [0.2, 0.25) is 10.0 Å². The largest absolute Gasteiger partial charge is 0.369 e.